The standard InChI is InChI=1S/C17H20N2O5S/c1-4-11(3)18(25(23)24)10-15(20)14(5-2)19-16(21)12-8-6-7-9-13(12)17(19)22/h4-9,11,14-15,20,25H,1-2,10H2,3H3/t11-,14+,15+/m1/s1. The summed E-state index contributed by atoms with van der Waals surface area (Å²) in [6, 6.07) is 4.75. The Kier molecular flexibility index (Phi) is 5.89. The van der Waals surface area contributed by atoms with Crippen molar-refractivity contribution in [3.05, 3.63) is 60.7 Å². The zero-order valence-electron chi connectivity index (χ0n) is 13.7. The third kappa shape index (κ3) is 3.55. The summed E-state index contributed by atoms with van der Waals surface area (Å²) in [7, 11) is -2.97. The molecule has 0 unspecified atom stereocenters. The second kappa shape index (κ2) is 7.73. The Labute approximate surface area is 147 Å². The van der Waals surface area contributed by atoms with Gasteiger partial charge < -0.3 is 5.11 Å². The smallest absolute Gasteiger partial charge is 0.262 e. The van der Waals surface area contributed by atoms with Crippen molar-refractivity contribution in [1.82, 2.24) is 9.21 Å². The first-order valence-electron chi connectivity index (χ1n) is 7.64. The van der Waals surface area contributed by atoms with Gasteiger partial charge >= 0.3 is 0 Å². The Morgan fingerprint density at radius 2 is 1.68 bits per heavy atom. The van der Waals surface area contributed by atoms with E-state index in [-0.39, 0.29) is 17.7 Å². The number of fused-ring (bicyclic) bond motifs is 1. The molecule has 7 nitrogen and oxygen atoms in total. The number of carbonyl (C=O) groups is 2. The predicted molar refractivity (Wildman–Crippen MR) is 93.6 cm³/mol. The Morgan fingerprint density at radius 1 is 1.16 bits per heavy atom. The largest absolute Gasteiger partial charge is 0.389 e. The van der Waals surface area contributed by atoms with E-state index in [0.29, 0.717) is 0 Å². The molecule has 1 aliphatic rings. The number of amides is 2. The van der Waals surface area contributed by atoms with Crippen molar-refractivity contribution in [3.63, 3.8) is 0 Å². The Morgan fingerprint density at radius 3 is 2.08 bits per heavy atom. The summed E-state index contributed by atoms with van der Waals surface area (Å²) in [4.78, 5) is 26.0. The fraction of sp³-hybridized carbons (Fsp3) is 0.294. The van der Waals surface area contributed by atoms with Gasteiger partial charge in [0.25, 0.3) is 11.8 Å². The van der Waals surface area contributed by atoms with Gasteiger partial charge in [0.2, 0.25) is 10.9 Å². The first-order chi connectivity index (χ1) is 11.8. The maximum Gasteiger partial charge on any atom is 0.262 e. The zero-order chi connectivity index (χ0) is 18.7. The van der Waals surface area contributed by atoms with Gasteiger partial charge in [-0.3, -0.25) is 14.5 Å². The molecule has 2 amide bonds. The normalized spacial score (nSPS) is 17.5. The van der Waals surface area contributed by atoms with Crippen LogP contribution in [-0.4, -0.2) is 59.3 Å². The molecule has 1 N–H and O–H groups in total. The molecule has 0 spiro atoms. The minimum atomic E-state index is -2.97. The number of imide groups is 1. The van der Waals surface area contributed by atoms with Gasteiger partial charge in [0.15, 0.2) is 0 Å². The fourth-order valence-corrected chi connectivity index (χ4v) is 3.41. The first kappa shape index (κ1) is 19.0. The molecule has 134 valence electrons. The van der Waals surface area contributed by atoms with Gasteiger partial charge in [-0.2, -0.15) is 4.31 Å². The summed E-state index contributed by atoms with van der Waals surface area (Å²) < 4.78 is 23.8. The summed E-state index contributed by atoms with van der Waals surface area (Å²) in [5.74, 6) is -1.08. The van der Waals surface area contributed by atoms with Gasteiger partial charge in [-0.05, 0) is 19.1 Å². The first-order valence-corrected chi connectivity index (χ1v) is 8.77. The second-order valence-corrected chi connectivity index (χ2v) is 6.65. The molecule has 1 aromatic rings. The van der Waals surface area contributed by atoms with Crippen molar-refractivity contribution in [2.75, 3.05) is 6.54 Å². The monoisotopic (exact) mass is 364 g/mol. The summed E-state index contributed by atoms with van der Waals surface area (Å²) in [6.07, 6.45) is 1.36. The van der Waals surface area contributed by atoms with E-state index < -0.39 is 40.9 Å². The third-order valence-electron chi connectivity index (χ3n) is 4.15. The maximum atomic E-state index is 12.5. The van der Waals surface area contributed by atoms with Crippen LogP contribution in [0.3, 0.4) is 0 Å². The van der Waals surface area contributed by atoms with Crippen LogP contribution in [0.4, 0.5) is 0 Å². The molecule has 0 aliphatic carbocycles. The van der Waals surface area contributed by atoms with Gasteiger partial charge in [0, 0.05) is 12.6 Å². The topological polar surface area (TPSA) is 95.0 Å². The number of aliphatic hydroxyl groups is 1. The Hall–Kier alpha value is -2.29. The summed E-state index contributed by atoms with van der Waals surface area (Å²) >= 11 is 0. The number of hydrogen-bond donors (Lipinski definition) is 2. The molecule has 25 heavy (non-hydrogen) atoms. The number of carbonyl (C=O) groups excluding carboxylic acids is 2. The predicted octanol–water partition coefficient (Wildman–Crippen LogP) is 0.601. The number of benzene rings is 1. The zero-order valence-corrected chi connectivity index (χ0v) is 14.6. The van der Waals surface area contributed by atoms with E-state index in [1.165, 1.54) is 24.3 Å². The molecule has 0 aromatic heterocycles. The highest BCUT2D eigenvalue weighted by molar-refractivity contribution is 7.69. The van der Waals surface area contributed by atoms with E-state index in [9.17, 15) is 23.1 Å². The van der Waals surface area contributed by atoms with Crippen LogP contribution in [0, 0.1) is 0 Å². The van der Waals surface area contributed by atoms with Crippen LogP contribution in [0.1, 0.15) is 27.6 Å². The molecule has 2 rings (SSSR count). The number of hydrogen-bond acceptors (Lipinski definition) is 5. The van der Waals surface area contributed by atoms with Gasteiger partial charge in [0.05, 0.1) is 23.3 Å². The van der Waals surface area contributed by atoms with Crippen molar-refractivity contribution < 1.29 is 23.1 Å². The molecule has 1 heterocycles. The van der Waals surface area contributed by atoms with Crippen molar-refractivity contribution in [2.24, 2.45) is 0 Å². The van der Waals surface area contributed by atoms with E-state index in [4.69, 9.17) is 0 Å². The molecule has 0 saturated carbocycles. The van der Waals surface area contributed by atoms with E-state index in [1.807, 2.05) is 0 Å². The quantitative estimate of drug-likeness (QED) is 0.400. The van der Waals surface area contributed by atoms with Crippen LogP contribution >= 0.6 is 0 Å². The fourth-order valence-electron chi connectivity index (χ4n) is 2.72. The molecular formula is C17H20N2O5S. The molecule has 0 radical (unpaired) electrons. The lowest BCUT2D eigenvalue weighted by molar-refractivity contribution is 0.0388. The number of nitrogens with zero attached hydrogens (tertiary/aromatic N) is 2. The van der Waals surface area contributed by atoms with Crippen LogP contribution in [0.2, 0.25) is 0 Å². The minimum absolute atomic E-state index is 0.248. The highest BCUT2D eigenvalue weighted by atomic mass is 32.2. The summed E-state index contributed by atoms with van der Waals surface area (Å²) in [5, 5.41) is 10.5. The van der Waals surface area contributed by atoms with Crippen LogP contribution < -0.4 is 0 Å². The van der Waals surface area contributed by atoms with Crippen molar-refractivity contribution in [2.45, 2.75) is 25.1 Å². The molecule has 0 fully saturated rings. The minimum Gasteiger partial charge on any atom is -0.389 e. The van der Waals surface area contributed by atoms with Crippen molar-refractivity contribution in [3.8, 4) is 0 Å². The van der Waals surface area contributed by atoms with Crippen LogP contribution in [0.5, 0.6) is 0 Å². The average Bonchev–Trinajstić information content (AvgIpc) is 2.85. The van der Waals surface area contributed by atoms with Gasteiger partial charge in [-0.15, -0.1) is 13.2 Å². The molecule has 0 saturated heterocycles. The summed E-state index contributed by atoms with van der Waals surface area (Å²) in [6.45, 7) is 8.43. The van der Waals surface area contributed by atoms with E-state index in [2.05, 4.69) is 13.2 Å². The molecule has 8 heteroatoms. The lowest BCUT2D eigenvalue weighted by Crippen LogP contribution is -2.50. The molecule has 3 atom stereocenters. The van der Waals surface area contributed by atoms with Crippen molar-refractivity contribution in [1.29, 1.82) is 0 Å². The highest BCUT2D eigenvalue weighted by Gasteiger charge is 2.41. The highest BCUT2D eigenvalue weighted by Crippen LogP contribution is 2.26. The number of rotatable bonds is 8. The lowest BCUT2D eigenvalue weighted by atomic mass is 10.1. The van der Waals surface area contributed by atoms with Gasteiger partial charge in [-0.1, -0.05) is 24.3 Å². The van der Waals surface area contributed by atoms with Crippen molar-refractivity contribution >= 4 is 22.7 Å². The van der Waals surface area contributed by atoms with Crippen LogP contribution in [-0.2, 0) is 10.9 Å². The number of thiol groups is 1. The SMILES string of the molecule is C=C[C@@H](C)N(C[C@H](O)[C@H](C=C)N1C(=O)c2ccccc2C1=O)[SH](=O)=O. The third-order valence-corrected chi connectivity index (χ3v) is 5.10. The van der Waals surface area contributed by atoms with E-state index in [0.717, 1.165) is 9.21 Å². The second-order valence-electron chi connectivity index (χ2n) is 5.66. The average molecular weight is 364 g/mol. The Balaban J connectivity index is 2.28. The molecule has 1 aliphatic heterocycles. The summed E-state index contributed by atoms with van der Waals surface area (Å²) in [5.41, 5.74) is 0.496. The van der Waals surface area contributed by atoms with Gasteiger partial charge in [0.1, 0.15) is 0 Å². The van der Waals surface area contributed by atoms with Crippen LogP contribution in [0.15, 0.2) is 49.6 Å². The van der Waals surface area contributed by atoms with Gasteiger partial charge in [-0.25, -0.2) is 8.42 Å². The molecular weight excluding hydrogens is 344 g/mol. The van der Waals surface area contributed by atoms with E-state index >= 15 is 0 Å². The molecule has 1 aromatic carbocycles. The van der Waals surface area contributed by atoms with E-state index in [1.54, 1.807) is 19.1 Å². The Bertz CT molecular complexity index is 746. The lowest BCUT2D eigenvalue weighted by Gasteiger charge is -2.31. The maximum absolute atomic E-state index is 12.5. The van der Waals surface area contributed by atoms with Crippen LogP contribution in [0.25, 0.3) is 0 Å². The number of aliphatic hydroxyl groups excluding tert-OH is 1. The molecule has 0 bridgehead atoms.